The first-order valence-corrected chi connectivity index (χ1v) is 6.22. The van der Waals surface area contributed by atoms with Gasteiger partial charge < -0.3 is 20.5 Å². The summed E-state index contributed by atoms with van der Waals surface area (Å²) in [7, 11) is 0. The maximum atomic E-state index is 11.4. The van der Waals surface area contributed by atoms with Crippen molar-refractivity contribution < 1.29 is 14.6 Å². The van der Waals surface area contributed by atoms with E-state index in [0.29, 0.717) is 12.5 Å². The van der Waals surface area contributed by atoms with Crippen LogP contribution in [0.15, 0.2) is 0 Å². The molecular weight excluding hydrogens is 220 g/mol. The highest BCUT2D eigenvalue weighted by Gasteiger charge is 2.22. The number of hydrogen-bond acceptors (Lipinski definition) is 4. The molecule has 0 aliphatic carbocycles. The smallest absolute Gasteiger partial charge is 0.407 e. The van der Waals surface area contributed by atoms with E-state index in [1.165, 1.54) is 0 Å². The molecule has 1 aliphatic heterocycles. The summed E-state index contributed by atoms with van der Waals surface area (Å²) in [6, 6.07) is 0.230. The Hall–Kier alpha value is -0.810. The molecule has 2 unspecified atom stereocenters. The minimum absolute atomic E-state index is 0.227. The van der Waals surface area contributed by atoms with Crippen molar-refractivity contribution in [3.8, 4) is 0 Å². The summed E-state index contributed by atoms with van der Waals surface area (Å²) >= 11 is 0. The van der Waals surface area contributed by atoms with Crippen LogP contribution in [0.4, 0.5) is 4.79 Å². The predicted octanol–water partition coefficient (Wildman–Crippen LogP) is 0.872. The highest BCUT2D eigenvalue weighted by Crippen LogP contribution is 2.15. The second-order valence-corrected chi connectivity index (χ2v) is 5.61. The second-order valence-electron chi connectivity index (χ2n) is 5.61. The molecule has 100 valence electrons. The van der Waals surface area contributed by atoms with E-state index in [1.54, 1.807) is 0 Å². The number of hydrogen-bond donors (Lipinski definition) is 3. The van der Waals surface area contributed by atoms with Gasteiger partial charge in [0.25, 0.3) is 0 Å². The molecule has 3 N–H and O–H groups in total. The number of alkyl carbamates (subject to hydrolysis) is 1. The molecule has 1 saturated heterocycles. The lowest BCUT2D eigenvalue weighted by Crippen LogP contribution is -2.47. The van der Waals surface area contributed by atoms with Crippen LogP contribution in [0.3, 0.4) is 0 Å². The highest BCUT2D eigenvalue weighted by atomic mass is 16.6. The molecule has 1 amide bonds. The minimum atomic E-state index is -0.461. The molecule has 0 aromatic heterocycles. The van der Waals surface area contributed by atoms with Crippen molar-refractivity contribution in [1.29, 1.82) is 0 Å². The van der Waals surface area contributed by atoms with Crippen LogP contribution in [0, 0.1) is 5.92 Å². The number of aliphatic hydroxyl groups is 1. The first kappa shape index (κ1) is 14.3. The SMILES string of the molecule is CC(C)(C)OC(=O)NCC1CC(CO)CCN1. The normalized spacial score (nSPS) is 25.4. The van der Waals surface area contributed by atoms with E-state index in [4.69, 9.17) is 9.84 Å². The quantitative estimate of drug-likeness (QED) is 0.689. The van der Waals surface area contributed by atoms with Crippen molar-refractivity contribution >= 4 is 6.09 Å². The Balaban J connectivity index is 2.23. The average molecular weight is 244 g/mol. The summed E-state index contributed by atoms with van der Waals surface area (Å²) < 4.78 is 5.15. The summed E-state index contributed by atoms with van der Waals surface area (Å²) in [5, 5.41) is 15.2. The number of nitrogens with one attached hydrogen (secondary N) is 2. The Kier molecular flexibility index (Phi) is 5.21. The van der Waals surface area contributed by atoms with E-state index in [-0.39, 0.29) is 18.7 Å². The van der Waals surface area contributed by atoms with Crippen molar-refractivity contribution in [2.24, 2.45) is 5.92 Å². The summed E-state index contributed by atoms with van der Waals surface area (Å²) in [6.45, 7) is 7.19. The van der Waals surface area contributed by atoms with Crippen molar-refractivity contribution in [1.82, 2.24) is 10.6 Å². The predicted molar refractivity (Wildman–Crippen MR) is 65.8 cm³/mol. The fourth-order valence-electron chi connectivity index (χ4n) is 1.94. The zero-order chi connectivity index (χ0) is 12.9. The van der Waals surface area contributed by atoms with Crippen LogP contribution in [0.2, 0.25) is 0 Å². The standard InChI is InChI=1S/C12H24N2O3/c1-12(2,3)17-11(16)14-7-10-6-9(8-15)4-5-13-10/h9-10,13,15H,4-8H2,1-3H3,(H,14,16). The van der Waals surface area contributed by atoms with E-state index < -0.39 is 5.60 Å². The van der Waals surface area contributed by atoms with E-state index in [9.17, 15) is 4.79 Å². The molecule has 0 aromatic rings. The van der Waals surface area contributed by atoms with Gasteiger partial charge in [0.15, 0.2) is 0 Å². The molecule has 0 saturated carbocycles. The van der Waals surface area contributed by atoms with E-state index in [1.807, 2.05) is 20.8 Å². The van der Waals surface area contributed by atoms with Crippen LogP contribution in [-0.2, 0) is 4.74 Å². The summed E-state index contributed by atoms with van der Waals surface area (Å²) in [5.41, 5.74) is -0.461. The van der Waals surface area contributed by atoms with E-state index >= 15 is 0 Å². The van der Waals surface area contributed by atoms with Crippen molar-refractivity contribution in [3.63, 3.8) is 0 Å². The van der Waals surface area contributed by atoms with Crippen molar-refractivity contribution in [3.05, 3.63) is 0 Å². The van der Waals surface area contributed by atoms with Crippen molar-refractivity contribution in [2.45, 2.75) is 45.3 Å². The molecule has 1 fully saturated rings. The van der Waals surface area contributed by atoms with Gasteiger partial charge in [0, 0.05) is 19.2 Å². The first-order chi connectivity index (χ1) is 7.90. The van der Waals surface area contributed by atoms with Gasteiger partial charge in [-0.15, -0.1) is 0 Å². The number of amides is 1. The Morgan fingerprint density at radius 2 is 2.24 bits per heavy atom. The second kappa shape index (κ2) is 6.21. The fraction of sp³-hybridized carbons (Fsp3) is 0.917. The third-order valence-corrected chi connectivity index (χ3v) is 2.75. The van der Waals surface area contributed by atoms with Gasteiger partial charge >= 0.3 is 6.09 Å². The van der Waals surface area contributed by atoms with Crippen LogP contribution in [0.25, 0.3) is 0 Å². The summed E-state index contributed by atoms with van der Waals surface area (Å²) in [6.07, 6.45) is 1.51. The Morgan fingerprint density at radius 3 is 2.82 bits per heavy atom. The molecule has 1 rings (SSSR count). The van der Waals surface area contributed by atoms with Crippen LogP contribution < -0.4 is 10.6 Å². The van der Waals surface area contributed by atoms with Crippen LogP contribution in [0.1, 0.15) is 33.6 Å². The maximum absolute atomic E-state index is 11.4. The molecule has 1 aliphatic rings. The molecule has 0 spiro atoms. The Morgan fingerprint density at radius 1 is 1.53 bits per heavy atom. The van der Waals surface area contributed by atoms with Gasteiger partial charge in [-0.1, -0.05) is 0 Å². The zero-order valence-corrected chi connectivity index (χ0v) is 11.0. The van der Waals surface area contributed by atoms with Crippen molar-refractivity contribution in [2.75, 3.05) is 19.7 Å². The van der Waals surface area contributed by atoms with Crippen LogP contribution >= 0.6 is 0 Å². The molecule has 0 radical (unpaired) electrons. The molecule has 0 bridgehead atoms. The minimum Gasteiger partial charge on any atom is -0.444 e. The molecular formula is C12H24N2O3. The maximum Gasteiger partial charge on any atom is 0.407 e. The molecule has 0 aromatic carbocycles. The Bertz CT molecular complexity index is 251. The van der Waals surface area contributed by atoms with Crippen LogP contribution in [0.5, 0.6) is 0 Å². The number of carbonyl (C=O) groups excluding carboxylic acids is 1. The summed E-state index contributed by atoms with van der Waals surface area (Å²) in [5.74, 6) is 0.349. The lowest BCUT2D eigenvalue weighted by atomic mass is 9.93. The number of carbonyl (C=O) groups is 1. The van der Waals surface area contributed by atoms with Gasteiger partial charge in [0.05, 0.1) is 0 Å². The lowest BCUT2D eigenvalue weighted by molar-refractivity contribution is 0.0516. The third kappa shape index (κ3) is 5.89. The fourth-order valence-corrected chi connectivity index (χ4v) is 1.94. The Labute approximate surface area is 103 Å². The molecule has 2 atom stereocenters. The van der Waals surface area contributed by atoms with Crippen LogP contribution in [-0.4, -0.2) is 42.5 Å². The van der Waals surface area contributed by atoms with Gasteiger partial charge in [-0.3, -0.25) is 0 Å². The lowest BCUT2D eigenvalue weighted by Gasteiger charge is -2.29. The molecule has 5 heteroatoms. The monoisotopic (exact) mass is 244 g/mol. The number of piperidine rings is 1. The third-order valence-electron chi connectivity index (χ3n) is 2.75. The zero-order valence-electron chi connectivity index (χ0n) is 11.0. The number of ether oxygens (including phenoxy) is 1. The van der Waals surface area contributed by atoms with E-state index in [2.05, 4.69) is 10.6 Å². The molecule has 17 heavy (non-hydrogen) atoms. The highest BCUT2D eigenvalue weighted by molar-refractivity contribution is 5.67. The average Bonchev–Trinajstić information content (AvgIpc) is 2.24. The molecule has 1 heterocycles. The number of aliphatic hydroxyl groups excluding tert-OH is 1. The van der Waals surface area contributed by atoms with Gasteiger partial charge in [-0.2, -0.15) is 0 Å². The van der Waals surface area contributed by atoms with Gasteiger partial charge in [-0.05, 0) is 46.1 Å². The molecule has 5 nitrogen and oxygen atoms in total. The van der Waals surface area contributed by atoms with Gasteiger partial charge in [0.2, 0.25) is 0 Å². The van der Waals surface area contributed by atoms with Gasteiger partial charge in [0.1, 0.15) is 5.60 Å². The van der Waals surface area contributed by atoms with E-state index in [0.717, 1.165) is 19.4 Å². The largest absolute Gasteiger partial charge is 0.444 e. The topological polar surface area (TPSA) is 70.6 Å². The van der Waals surface area contributed by atoms with Gasteiger partial charge in [-0.25, -0.2) is 4.79 Å². The number of rotatable bonds is 3. The first-order valence-electron chi connectivity index (χ1n) is 6.22. The summed E-state index contributed by atoms with van der Waals surface area (Å²) in [4.78, 5) is 11.4.